The molecule has 0 heterocycles. The van der Waals surface area contributed by atoms with Gasteiger partial charge in [0.1, 0.15) is 25.1 Å². The number of ether oxygens (including phenoxy) is 3. The van der Waals surface area contributed by atoms with Crippen LogP contribution in [0.15, 0.2) is 36.9 Å². The number of rotatable bonds is 9. The van der Waals surface area contributed by atoms with Gasteiger partial charge in [0.25, 0.3) is 0 Å². The van der Waals surface area contributed by atoms with Gasteiger partial charge >= 0.3 is 11.9 Å². The lowest BCUT2D eigenvalue weighted by molar-refractivity contribution is -0.156. The molecule has 0 aliphatic rings. The summed E-state index contributed by atoms with van der Waals surface area (Å²) in [5.74, 6) is -0.0170. The zero-order valence-corrected chi connectivity index (χ0v) is 13.0. The van der Waals surface area contributed by atoms with E-state index >= 15 is 0 Å². The molecule has 5 heteroatoms. The monoisotopic (exact) mass is 306 g/mol. The number of aryl methyl sites for hydroxylation is 1. The fourth-order valence-electron chi connectivity index (χ4n) is 1.94. The first-order valence-corrected chi connectivity index (χ1v) is 7.15. The van der Waals surface area contributed by atoms with E-state index in [0.29, 0.717) is 19.4 Å². The first-order valence-electron chi connectivity index (χ1n) is 7.15. The largest absolute Gasteiger partial charge is 0.489 e. The summed E-state index contributed by atoms with van der Waals surface area (Å²) in [6.45, 7) is 6.77. The van der Waals surface area contributed by atoms with Crippen molar-refractivity contribution in [3.63, 3.8) is 0 Å². The molecule has 0 radical (unpaired) electrons. The Morgan fingerprint density at radius 2 is 1.95 bits per heavy atom. The Morgan fingerprint density at radius 3 is 2.59 bits per heavy atom. The molecule has 22 heavy (non-hydrogen) atoms. The van der Waals surface area contributed by atoms with Crippen molar-refractivity contribution in [3.05, 3.63) is 42.5 Å². The number of para-hydroxylation sites is 1. The van der Waals surface area contributed by atoms with E-state index in [9.17, 15) is 9.59 Å². The molecule has 1 aromatic rings. The van der Waals surface area contributed by atoms with Crippen molar-refractivity contribution < 1.29 is 23.8 Å². The highest BCUT2D eigenvalue weighted by molar-refractivity contribution is 5.67. The molecule has 0 saturated heterocycles. The van der Waals surface area contributed by atoms with Gasteiger partial charge in [0, 0.05) is 13.8 Å². The Morgan fingerprint density at radius 1 is 1.23 bits per heavy atom. The molecule has 0 aromatic heterocycles. The van der Waals surface area contributed by atoms with Crippen molar-refractivity contribution in [3.8, 4) is 5.75 Å². The summed E-state index contributed by atoms with van der Waals surface area (Å²) in [7, 11) is 0. The van der Waals surface area contributed by atoms with Crippen molar-refractivity contribution in [1.29, 1.82) is 0 Å². The first kappa shape index (κ1) is 17.8. The van der Waals surface area contributed by atoms with Gasteiger partial charge in [-0.15, -0.1) is 0 Å². The van der Waals surface area contributed by atoms with E-state index in [4.69, 9.17) is 14.2 Å². The molecule has 120 valence electrons. The lowest BCUT2D eigenvalue weighted by atomic mass is 10.1. The van der Waals surface area contributed by atoms with Crippen molar-refractivity contribution in [2.45, 2.75) is 32.8 Å². The smallest absolute Gasteiger partial charge is 0.303 e. The van der Waals surface area contributed by atoms with Gasteiger partial charge in [-0.25, -0.2) is 0 Å². The van der Waals surface area contributed by atoms with Crippen LogP contribution in [0.1, 0.15) is 25.8 Å². The summed E-state index contributed by atoms with van der Waals surface area (Å²) in [6, 6.07) is 7.65. The molecule has 0 N–H and O–H groups in total. The first-order chi connectivity index (χ1) is 10.5. The summed E-state index contributed by atoms with van der Waals surface area (Å²) >= 11 is 0. The number of benzene rings is 1. The van der Waals surface area contributed by atoms with E-state index in [1.54, 1.807) is 6.08 Å². The van der Waals surface area contributed by atoms with E-state index in [2.05, 4.69) is 6.58 Å². The van der Waals surface area contributed by atoms with Crippen LogP contribution in [0.3, 0.4) is 0 Å². The third kappa shape index (κ3) is 6.92. The van der Waals surface area contributed by atoms with E-state index in [1.165, 1.54) is 13.8 Å². The zero-order chi connectivity index (χ0) is 16.4. The summed E-state index contributed by atoms with van der Waals surface area (Å²) in [5.41, 5.74) is 1.00. The van der Waals surface area contributed by atoms with Crippen molar-refractivity contribution in [2.75, 3.05) is 13.2 Å². The highest BCUT2D eigenvalue weighted by atomic mass is 16.6. The Balaban J connectivity index is 2.64. The molecule has 0 saturated carbocycles. The molecule has 0 spiro atoms. The predicted octanol–water partition coefficient (Wildman–Crippen LogP) is 2.68. The average Bonchev–Trinajstić information content (AvgIpc) is 2.48. The summed E-state index contributed by atoms with van der Waals surface area (Å²) < 4.78 is 15.7. The maximum atomic E-state index is 11.1. The Kier molecular flexibility index (Phi) is 7.75. The third-order valence-corrected chi connectivity index (χ3v) is 2.87. The van der Waals surface area contributed by atoms with Gasteiger partial charge in [0.05, 0.1) is 0 Å². The van der Waals surface area contributed by atoms with Crippen LogP contribution in [-0.4, -0.2) is 31.3 Å². The third-order valence-electron chi connectivity index (χ3n) is 2.87. The molecule has 0 aliphatic heterocycles. The highest BCUT2D eigenvalue weighted by Gasteiger charge is 2.15. The SMILES string of the molecule is C=CCOc1ccccc1CCC(COC(C)=O)OC(C)=O. The van der Waals surface area contributed by atoms with Crippen LogP contribution >= 0.6 is 0 Å². The average molecular weight is 306 g/mol. The molecule has 5 nitrogen and oxygen atoms in total. The van der Waals surface area contributed by atoms with Crippen LogP contribution in [0, 0.1) is 0 Å². The fourth-order valence-corrected chi connectivity index (χ4v) is 1.94. The van der Waals surface area contributed by atoms with Gasteiger partial charge in [-0.1, -0.05) is 30.9 Å². The standard InChI is InChI=1S/C17H22O5/c1-4-11-20-17-8-6-5-7-15(17)9-10-16(22-14(3)19)12-21-13(2)18/h4-8,16H,1,9-12H2,2-3H3. The van der Waals surface area contributed by atoms with Crippen molar-refractivity contribution >= 4 is 11.9 Å². The fraction of sp³-hybridized carbons (Fsp3) is 0.412. The molecule has 0 bridgehead atoms. The van der Waals surface area contributed by atoms with Gasteiger partial charge in [-0.2, -0.15) is 0 Å². The molecule has 1 atom stereocenters. The summed E-state index contributed by atoms with van der Waals surface area (Å²) in [6.07, 6.45) is 2.40. The number of esters is 2. The molecule has 0 amide bonds. The van der Waals surface area contributed by atoms with Gasteiger partial charge in [-0.05, 0) is 24.5 Å². The van der Waals surface area contributed by atoms with Gasteiger partial charge < -0.3 is 14.2 Å². The van der Waals surface area contributed by atoms with Crippen LogP contribution in [0.5, 0.6) is 5.75 Å². The molecule has 0 aliphatic carbocycles. The van der Waals surface area contributed by atoms with Gasteiger partial charge in [0.2, 0.25) is 0 Å². The number of hydrogen-bond donors (Lipinski definition) is 0. The molecule has 1 aromatic carbocycles. The number of hydrogen-bond acceptors (Lipinski definition) is 5. The van der Waals surface area contributed by atoms with E-state index in [0.717, 1.165) is 11.3 Å². The normalized spacial score (nSPS) is 11.4. The number of carbonyl (C=O) groups excluding carboxylic acids is 2. The molecule has 0 fully saturated rings. The topological polar surface area (TPSA) is 61.8 Å². The van der Waals surface area contributed by atoms with Crippen LogP contribution in [-0.2, 0) is 25.5 Å². The minimum absolute atomic E-state index is 0.0601. The Bertz CT molecular complexity index is 510. The van der Waals surface area contributed by atoms with Crippen LogP contribution in [0.4, 0.5) is 0 Å². The minimum Gasteiger partial charge on any atom is -0.489 e. The highest BCUT2D eigenvalue weighted by Crippen LogP contribution is 2.20. The van der Waals surface area contributed by atoms with Crippen LogP contribution in [0.2, 0.25) is 0 Å². The maximum absolute atomic E-state index is 11.1. The lowest BCUT2D eigenvalue weighted by Gasteiger charge is -2.17. The Hall–Kier alpha value is -2.30. The molecule has 1 rings (SSSR count). The van der Waals surface area contributed by atoms with E-state index in [1.807, 2.05) is 24.3 Å². The van der Waals surface area contributed by atoms with Gasteiger partial charge in [-0.3, -0.25) is 9.59 Å². The molecule has 1 unspecified atom stereocenters. The van der Waals surface area contributed by atoms with E-state index < -0.39 is 18.0 Å². The number of carbonyl (C=O) groups is 2. The second kappa shape index (κ2) is 9.60. The lowest BCUT2D eigenvalue weighted by Crippen LogP contribution is -2.24. The summed E-state index contributed by atoms with van der Waals surface area (Å²) in [4.78, 5) is 22.0. The predicted molar refractivity (Wildman–Crippen MR) is 82.6 cm³/mol. The molecular formula is C17H22O5. The quantitative estimate of drug-likeness (QED) is 0.518. The maximum Gasteiger partial charge on any atom is 0.303 e. The second-order valence-corrected chi connectivity index (χ2v) is 4.78. The second-order valence-electron chi connectivity index (χ2n) is 4.78. The van der Waals surface area contributed by atoms with Crippen molar-refractivity contribution in [1.82, 2.24) is 0 Å². The minimum atomic E-state index is -0.464. The van der Waals surface area contributed by atoms with Crippen LogP contribution in [0.25, 0.3) is 0 Å². The Labute approximate surface area is 130 Å². The summed E-state index contributed by atoms with van der Waals surface area (Å²) in [5, 5.41) is 0. The zero-order valence-electron chi connectivity index (χ0n) is 13.0. The molecular weight excluding hydrogens is 284 g/mol. The van der Waals surface area contributed by atoms with E-state index in [-0.39, 0.29) is 6.61 Å². The van der Waals surface area contributed by atoms with Crippen LogP contribution < -0.4 is 4.74 Å². The van der Waals surface area contributed by atoms with Crippen molar-refractivity contribution in [2.24, 2.45) is 0 Å². The van der Waals surface area contributed by atoms with Gasteiger partial charge in [0.15, 0.2) is 0 Å².